The first-order valence-electron chi connectivity index (χ1n) is 3.55. The molecule has 0 radical (unpaired) electrons. The molecule has 4 N–H and O–H groups in total. The Morgan fingerprint density at radius 2 is 1.92 bits per heavy atom. The van der Waals surface area contributed by atoms with Gasteiger partial charge in [-0.25, -0.2) is 0 Å². The van der Waals surface area contributed by atoms with Crippen LogP contribution in [0.4, 0.5) is 0 Å². The third-order valence-corrected chi connectivity index (χ3v) is 2.83. The minimum absolute atomic E-state index is 0. The van der Waals surface area contributed by atoms with Crippen LogP contribution in [0, 0.1) is 0 Å². The fourth-order valence-electron chi connectivity index (χ4n) is 0.926. The highest BCUT2D eigenvalue weighted by Gasteiger charge is 2.07. The van der Waals surface area contributed by atoms with E-state index >= 15 is 0 Å². The molecule has 2 nitrogen and oxygen atoms in total. The molecule has 0 unspecified atom stereocenters. The fourth-order valence-corrected chi connectivity index (χ4v) is 1.85. The molecule has 1 atom stereocenters. The van der Waals surface area contributed by atoms with E-state index in [1.807, 2.05) is 18.2 Å². The molecular formula is C8H11Br2ClN2. The Bertz CT molecular complexity index is 281. The van der Waals surface area contributed by atoms with Crippen molar-refractivity contribution in [2.45, 2.75) is 6.04 Å². The van der Waals surface area contributed by atoms with Crippen LogP contribution in [-0.4, -0.2) is 6.54 Å². The third kappa shape index (κ3) is 3.56. The largest absolute Gasteiger partial charge is 0.329 e. The molecule has 0 fully saturated rings. The highest BCUT2D eigenvalue weighted by molar-refractivity contribution is 9.11. The van der Waals surface area contributed by atoms with E-state index in [1.165, 1.54) is 0 Å². The van der Waals surface area contributed by atoms with Crippen LogP contribution in [0.3, 0.4) is 0 Å². The molecule has 0 amide bonds. The van der Waals surface area contributed by atoms with E-state index in [9.17, 15) is 0 Å². The Balaban J connectivity index is 0.00000144. The Kier molecular flexibility index (Phi) is 6.16. The molecular weight excluding hydrogens is 319 g/mol. The van der Waals surface area contributed by atoms with Crippen molar-refractivity contribution < 1.29 is 0 Å². The highest BCUT2D eigenvalue weighted by Crippen LogP contribution is 2.25. The maximum Gasteiger partial charge on any atom is 0.0431 e. The van der Waals surface area contributed by atoms with E-state index in [4.69, 9.17) is 11.5 Å². The van der Waals surface area contributed by atoms with Crippen LogP contribution in [0.15, 0.2) is 27.1 Å². The van der Waals surface area contributed by atoms with E-state index in [0.717, 1.165) is 14.5 Å². The summed E-state index contributed by atoms with van der Waals surface area (Å²) in [6.45, 7) is 0.453. The Morgan fingerprint density at radius 1 is 1.31 bits per heavy atom. The van der Waals surface area contributed by atoms with Gasteiger partial charge in [0.2, 0.25) is 0 Å². The van der Waals surface area contributed by atoms with Gasteiger partial charge in [-0.3, -0.25) is 0 Å². The molecule has 1 aromatic rings. The zero-order valence-corrected chi connectivity index (χ0v) is 10.8. The summed E-state index contributed by atoms with van der Waals surface area (Å²) >= 11 is 6.79. The monoisotopic (exact) mass is 328 g/mol. The Hall–Kier alpha value is 0.390. The van der Waals surface area contributed by atoms with Crippen LogP contribution in [0.25, 0.3) is 0 Å². The van der Waals surface area contributed by atoms with Crippen LogP contribution in [-0.2, 0) is 0 Å². The number of hydrogen-bond donors (Lipinski definition) is 2. The zero-order valence-electron chi connectivity index (χ0n) is 6.84. The number of nitrogens with two attached hydrogens (primary N) is 2. The van der Waals surface area contributed by atoms with E-state index in [0.29, 0.717) is 6.54 Å². The van der Waals surface area contributed by atoms with Gasteiger partial charge in [0.1, 0.15) is 0 Å². The highest BCUT2D eigenvalue weighted by atomic mass is 79.9. The molecule has 13 heavy (non-hydrogen) atoms. The van der Waals surface area contributed by atoms with Gasteiger partial charge in [0.25, 0.3) is 0 Å². The maximum absolute atomic E-state index is 5.79. The third-order valence-electron chi connectivity index (χ3n) is 1.61. The topological polar surface area (TPSA) is 52.0 Å². The first kappa shape index (κ1) is 13.4. The van der Waals surface area contributed by atoms with Crippen molar-refractivity contribution in [3.05, 3.63) is 32.7 Å². The molecule has 1 rings (SSSR count). The summed E-state index contributed by atoms with van der Waals surface area (Å²) in [7, 11) is 0. The van der Waals surface area contributed by atoms with Crippen molar-refractivity contribution in [2.75, 3.05) is 6.54 Å². The Morgan fingerprint density at radius 3 is 2.46 bits per heavy atom. The first-order valence-corrected chi connectivity index (χ1v) is 5.14. The van der Waals surface area contributed by atoms with Crippen molar-refractivity contribution in [1.82, 2.24) is 0 Å². The number of halogens is 3. The minimum Gasteiger partial charge on any atom is -0.329 e. The molecule has 0 saturated carbocycles. The average Bonchev–Trinajstić information content (AvgIpc) is 2.08. The summed E-state index contributed by atoms with van der Waals surface area (Å²) in [5.74, 6) is 0. The van der Waals surface area contributed by atoms with Crippen molar-refractivity contribution in [3.8, 4) is 0 Å². The average molecular weight is 330 g/mol. The molecule has 0 bridgehead atoms. The van der Waals surface area contributed by atoms with Gasteiger partial charge in [0.05, 0.1) is 0 Å². The first-order chi connectivity index (χ1) is 5.65. The predicted octanol–water partition coefficient (Wildman–Crippen LogP) is 2.59. The van der Waals surface area contributed by atoms with Gasteiger partial charge in [-0.1, -0.05) is 31.9 Å². The normalized spacial score (nSPS) is 12.0. The second-order valence-electron chi connectivity index (χ2n) is 2.51. The standard InChI is InChI=1S/C8H10Br2N2.ClH/c9-5-1-2-7(10)6(3-5)8(12)4-11;/h1-3,8H,4,11-12H2;1H/t8-;/m1./s1. The van der Waals surface area contributed by atoms with Gasteiger partial charge in [-0.2, -0.15) is 0 Å². The molecule has 74 valence electrons. The number of hydrogen-bond acceptors (Lipinski definition) is 2. The summed E-state index contributed by atoms with van der Waals surface area (Å²) in [4.78, 5) is 0. The van der Waals surface area contributed by atoms with Crippen molar-refractivity contribution in [2.24, 2.45) is 11.5 Å². The molecule has 1 aromatic carbocycles. The molecule has 0 aliphatic rings. The van der Waals surface area contributed by atoms with Crippen molar-refractivity contribution >= 4 is 44.3 Å². The predicted molar refractivity (Wildman–Crippen MR) is 65.1 cm³/mol. The van der Waals surface area contributed by atoms with Crippen LogP contribution in [0.2, 0.25) is 0 Å². The second kappa shape index (κ2) is 5.98. The minimum atomic E-state index is -0.100. The summed E-state index contributed by atoms with van der Waals surface area (Å²) in [6.07, 6.45) is 0. The molecule has 0 spiro atoms. The van der Waals surface area contributed by atoms with Gasteiger partial charge < -0.3 is 11.5 Å². The summed E-state index contributed by atoms with van der Waals surface area (Å²) in [5.41, 5.74) is 12.3. The van der Waals surface area contributed by atoms with Crippen LogP contribution >= 0.6 is 44.3 Å². The number of rotatable bonds is 2. The van der Waals surface area contributed by atoms with Gasteiger partial charge in [-0.15, -0.1) is 12.4 Å². The van der Waals surface area contributed by atoms with Gasteiger partial charge >= 0.3 is 0 Å². The zero-order chi connectivity index (χ0) is 9.14. The SMILES string of the molecule is Cl.NC[C@@H](N)c1cc(Br)ccc1Br. The van der Waals surface area contributed by atoms with Gasteiger partial charge in [0, 0.05) is 21.5 Å². The molecule has 0 aliphatic carbocycles. The van der Waals surface area contributed by atoms with E-state index in [1.54, 1.807) is 0 Å². The molecule has 0 aliphatic heterocycles. The fraction of sp³-hybridized carbons (Fsp3) is 0.250. The molecule has 0 saturated heterocycles. The quantitative estimate of drug-likeness (QED) is 0.876. The maximum atomic E-state index is 5.79. The van der Waals surface area contributed by atoms with Crippen molar-refractivity contribution in [3.63, 3.8) is 0 Å². The summed E-state index contributed by atoms with van der Waals surface area (Å²) in [5, 5.41) is 0. The summed E-state index contributed by atoms with van der Waals surface area (Å²) in [6, 6.07) is 5.78. The van der Waals surface area contributed by atoms with Gasteiger partial charge in [-0.05, 0) is 23.8 Å². The Labute approximate surface area is 101 Å². The van der Waals surface area contributed by atoms with E-state index < -0.39 is 0 Å². The second-order valence-corrected chi connectivity index (χ2v) is 4.28. The van der Waals surface area contributed by atoms with Crippen molar-refractivity contribution in [1.29, 1.82) is 0 Å². The van der Waals surface area contributed by atoms with Crippen LogP contribution < -0.4 is 11.5 Å². The van der Waals surface area contributed by atoms with Gasteiger partial charge in [0.15, 0.2) is 0 Å². The van der Waals surface area contributed by atoms with Crippen LogP contribution in [0.1, 0.15) is 11.6 Å². The number of benzene rings is 1. The van der Waals surface area contributed by atoms with Crippen LogP contribution in [0.5, 0.6) is 0 Å². The molecule has 0 heterocycles. The lowest BCUT2D eigenvalue weighted by Crippen LogP contribution is -2.21. The smallest absolute Gasteiger partial charge is 0.0431 e. The lowest BCUT2D eigenvalue weighted by Gasteiger charge is -2.11. The lowest BCUT2D eigenvalue weighted by molar-refractivity contribution is 0.733. The molecule has 5 heteroatoms. The van der Waals surface area contributed by atoms with E-state index in [-0.39, 0.29) is 18.4 Å². The lowest BCUT2D eigenvalue weighted by atomic mass is 10.1. The molecule has 0 aromatic heterocycles. The summed E-state index contributed by atoms with van der Waals surface area (Å²) < 4.78 is 2.02. The van der Waals surface area contributed by atoms with E-state index in [2.05, 4.69) is 31.9 Å².